The number of hydrogen-bond acceptors (Lipinski definition) is 4. The number of para-hydroxylation sites is 1. The van der Waals surface area contributed by atoms with E-state index in [2.05, 4.69) is 27.7 Å². The summed E-state index contributed by atoms with van der Waals surface area (Å²) in [6, 6.07) is 25.2. The summed E-state index contributed by atoms with van der Waals surface area (Å²) >= 11 is 2.18. The maximum Gasteiger partial charge on any atom is 0.178 e. The zero-order chi connectivity index (χ0) is 20.1. The first kappa shape index (κ1) is 19.3. The van der Waals surface area contributed by atoms with E-state index < -0.39 is 0 Å². The zero-order valence-corrected chi connectivity index (χ0v) is 17.9. The SMILES string of the molecule is COc1ccc(Cn2cc(Oc3ccc(Oc4ccccc4)cc3)c(I)n2)cc1. The summed E-state index contributed by atoms with van der Waals surface area (Å²) in [6.07, 6.45) is 1.90. The van der Waals surface area contributed by atoms with Crippen LogP contribution in [0.3, 0.4) is 0 Å². The molecular formula is C23H19IN2O3. The molecule has 1 heterocycles. The molecule has 0 bridgehead atoms. The van der Waals surface area contributed by atoms with Crippen molar-refractivity contribution in [3.05, 3.63) is 94.3 Å². The number of methoxy groups -OCH3 is 1. The lowest BCUT2D eigenvalue weighted by Gasteiger charge is -2.07. The minimum atomic E-state index is 0.660. The van der Waals surface area contributed by atoms with Gasteiger partial charge in [-0.3, -0.25) is 4.68 Å². The molecule has 1 aromatic heterocycles. The minimum absolute atomic E-state index is 0.660. The highest BCUT2D eigenvalue weighted by Gasteiger charge is 2.10. The predicted molar refractivity (Wildman–Crippen MR) is 120 cm³/mol. The molecule has 0 saturated carbocycles. The van der Waals surface area contributed by atoms with Crippen molar-refractivity contribution in [3.8, 4) is 28.7 Å². The Morgan fingerprint density at radius 2 is 1.34 bits per heavy atom. The summed E-state index contributed by atoms with van der Waals surface area (Å²) in [5.74, 6) is 3.85. The van der Waals surface area contributed by atoms with Crippen LogP contribution in [0.2, 0.25) is 0 Å². The van der Waals surface area contributed by atoms with E-state index in [1.807, 2.05) is 89.7 Å². The third-order valence-electron chi connectivity index (χ3n) is 4.22. The van der Waals surface area contributed by atoms with Gasteiger partial charge < -0.3 is 14.2 Å². The Bertz CT molecular complexity index is 1060. The average Bonchev–Trinajstić information content (AvgIpc) is 3.09. The fourth-order valence-corrected chi connectivity index (χ4v) is 3.30. The van der Waals surface area contributed by atoms with E-state index in [4.69, 9.17) is 14.2 Å². The standard InChI is InChI=1S/C23H19IN2O3/c1-27-18-9-7-17(8-10-18)15-26-16-22(23(24)25-26)29-21-13-11-20(12-14-21)28-19-5-3-2-4-6-19/h2-14,16H,15H2,1H3. The molecule has 0 aliphatic carbocycles. The van der Waals surface area contributed by atoms with Crippen molar-refractivity contribution in [2.75, 3.05) is 7.11 Å². The Morgan fingerprint density at radius 1 is 0.759 bits per heavy atom. The molecule has 4 aromatic rings. The molecule has 0 aliphatic rings. The highest BCUT2D eigenvalue weighted by molar-refractivity contribution is 14.1. The molecule has 4 rings (SSSR count). The second-order valence-corrected chi connectivity index (χ2v) is 7.34. The normalized spacial score (nSPS) is 10.6. The summed E-state index contributed by atoms with van der Waals surface area (Å²) in [5, 5.41) is 4.54. The lowest BCUT2D eigenvalue weighted by atomic mass is 10.2. The molecule has 5 nitrogen and oxygen atoms in total. The highest BCUT2D eigenvalue weighted by atomic mass is 127. The number of ether oxygens (including phenoxy) is 3. The van der Waals surface area contributed by atoms with Crippen LogP contribution in [-0.4, -0.2) is 16.9 Å². The van der Waals surface area contributed by atoms with Crippen molar-refractivity contribution >= 4 is 22.6 Å². The number of rotatable bonds is 7. The van der Waals surface area contributed by atoms with Crippen molar-refractivity contribution in [1.82, 2.24) is 9.78 Å². The first-order chi connectivity index (χ1) is 14.2. The molecule has 0 radical (unpaired) electrons. The van der Waals surface area contributed by atoms with E-state index in [0.29, 0.717) is 6.54 Å². The first-order valence-electron chi connectivity index (χ1n) is 9.06. The van der Waals surface area contributed by atoms with Gasteiger partial charge in [0.05, 0.1) is 19.9 Å². The van der Waals surface area contributed by atoms with Crippen molar-refractivity contribution in [1.29, 1.82) is 0 Å². The van der Waals surface area contributed by atoms with Gasteiger partial charge in [0.1, 0.15) is 23.0 Å². The maximum absolute atomic E-state index is 6.00. The molecule has 0 atom stereocenters. The monoisotopic (exact) mass is 498 g/mol. The van der Waals surface area contributed by atoms with Crippen LogP contribution in [0.15, 0.2) is 85.1 Å². The summed E-state index contributed by atoms with van der Waals surface area (Å²) in [5.41, 5.74) is 1.14. The van der Waals surface area contributed by atoms with Crippen molar-refractivity contribution in [2.45, 2.75) is 6.54 Å². The smallest absolute Gasteiger partial charge is 0.178 e. The van der Waals surface area contributed by atoms with Gasteiger partial charge in [-0.1, -0.05) is 30.3 Å². The summed E-state index contributed by atoms with van der Waals surface area (Å²) in [6.45, 7) is 0.660. The average molecular weight is 498 g/mol. The Kier molecular flexibility index (Phi) is 6.00. The predicted octanol–water partition coefficient (Wildman–Crippen LogP) is 6.13. The van der Waals surface area contributed by atoms with Gasteiger partial charge in [-0.25, -0.2) is 0 Å². The van der Waals surface area contributed by atoms with Crippen molar-refractivity contribution < 1.29 is 14.2 Å². The fraction of sp³-hybridized carbons (Fsp3) is 0.0870. The van der Waals surface area contributed by atoms with Gasteiger partial charge in [0, 0.05) is 0 Å². The minimum Gasteiger partial charge on any atom is -0.497 e. The van der Waals surface area contributed by atoms with Crippen LogP contribution in [0.5, 0.6) is 28.7 Å². The van der Waals surface area contributed by atoms with Gasteiger partial charge in [0.15, 0.2) is 9.45 Å². The van der Waals surface area contributed by atoms with Gasteiger partial charge in [-0.2, -0.15) is 5.10 Å². The van der Waals surface area contributed by atoms with Crippen LogP contribution in [0, 0.1) is 3.70 Å². The Labute approximate surface area is 183 Å². The van der Waals surface area contributed by atoms with Crippen LogP contribution in [0.1, 0.15) is 5.56 Å². The molecule has 3 aromatic carbocycles. The van der Waals surface area contributed by atoms with Crippen molar-refractivity contribution in [3.63, 3.8) is 0 Å². The lowest BCUT2D eigenvalue weighted by Crippen LogP contribution is -2.00. The van der Waals surface area contributed by atoms with E-state index in [-0.39, 0.29) is 0 Å². The molecule has 0 spiro atoms. The topological polar surface area (TPSA) is 45.5 Å². The molecule has 146 valence electrons. The molecule has 0 fully saturated rings. The molecular weight excluding hydrogens is 479 g/mol. The van der Waals surface area contributed by atoms with E-state index in [9.17, 15) is 0 Å². The van der Waals surface area contributed by atoms with E-state index in [1.54, 1.807) is 7.11 Å². The number of nitrogens with zero attached hydrogens (tertiary/aromatic N) is 2. The second-order valence-electron chi connectivity index (χ2n) is 6.32. The Morgan fingerprint density at radius 3 is 2.00 bits per heavy atom. The number of aromatic nitrogens is 2. The molecule has 0 saturated heterocycles. The Balaban J connectivity index is 1.41. The highest BCUT2D eigenvalue weighted by Crippen LogP contribution is 2.29. The molecule has 29 heavy (non-hydrogen) atoms. The maximum atomic E-state index is 6.00. The van der Waals surface area contributed by atoms with E-state index >= 15 is 0 Å². The van der Waals surface area contributed by atoms with Gasteiger partial charge in [0.25, 0.3) is 0 Å². The van der Waals surface area contributed by atoms with Gasteiger partial charge in [0.2, 0.25) is 0 Å². The number of benzene rings is 3. The van der Waals surface area contributed by atoms with Gasteiger partial charge >= 0.3 is 0 Å². The Hall–Kier alpha value is -3.00. The van der Waals surface area contributed by atoms with E-state index in [0.717, 1.165) is 38.0 Å². The molecule has 0 aliphatic heterocycles. The van der Waals surface area contributed by atoms with Crippen LogP contribution in [0.4, 0.5) is 0 Å². The summed E-state index contributed by atoms with van der Waals surface area (Å²) in [4.78, 5) is 0. The van der Waals surface area contributed by atoms with Crippen molar-refractivity contribution in [2.24, 2.45) is 0 Å². The first-order valence-corrected chi connectivity index (χ1v) is 10.1. The van der Waals surface area contributed by atoms with Crippen LogP contribution < -0.4 is 14.2 Å². The summed E-state index contributed by atoms with van der Waals surface area (Å²) < 4.78 is 19.7. The largest absolute Gasteiger partial charge is 0.497 e. The number of hydrogen-bond donors (Lipinski definition) is 0. The van der Waals surface area contributed by atoms with Gasteiger partial charge in [-0.05, 0) is 76.7 Å². The second kappa shape index (κ2) is 9.00. The van der Waals surface area contributed by atoms with Gasteiger partial charge in [-0.15, -0.1) is 0 Å². The van der Waals surface area contributed by atoms with Crippen LogP contribution >= 0.6 is 22.6 Å². The number of halogens is 1. The molecule has 0 N–H and O–H groups in total. The molecule has 6 heteroatoms. The lowest BCUT2D eigenvalue weighted by molar-refractivity contribution is 0.414. The third-order valence-corrected chi connectivity index (χ3v) is 4.97. The molecule has 0 amide bonds. The molecule has 0 unspecified atom stereocenters. The van der Waals surface area contributed by atoms with Crippen LogP contribution in [0.25, 0.3) is 0 Å². The fourth-order valence-electron chi connectivity index (χ4n) is 2.77. The quantitative estimate of drug-likeness (QED) is 0.288. The summed E-state index contributed by atoms with van der Waals surface area (Å²) in [7, 11) is 1.66. The van der Waals surface area contributed by atoms with E-state index in [1.165, 1.54) is 0 Å². The van der Waals surface area contributed by atoms with Crippen LogP contribution in [-0.2, 0) is 6.54 Å². The zero-order valence-electron chi connectivity index (χ0n) is 15.8. The third kappa shape index (κ3) is 5.08.